The molecule has 0 spiro atoms. The number of carbonyl (C=O) groups excluding carboxylic acids is 1. The number of pyridine rings is 1. The van der Waals surface area contributed by atoms with Crippen LogP contribution >= 0.6 is 0 Å². The number of carbonyl (C=O) groups is 1. The Morgan fingerprint density at radius 1 is 1.06 bits per heavy atom. The van der Waals surface area contributed by atoms with E-state index >= 15 is 0 Å². The first-order valence-corrected chi connectivity index (χ1v) is 13.0. The largest absolute Gasteiger partial charge is 0.454 e. The molecule has 4 aromatic rings. The van der Waals surface area contributed by atoms with E-state index in [4.69, 9.17) is 9.15 Å². The summed E-state index contributed by atoms with van der Waals surface area (Å²) in [6.07, 6.45) is 3.97. The number of benzene rings is 2. The molecule has 4 heterocycles. The minimum atomic E-state index is -3.27. The number of hydrogen-bond donors (Lipinski definition) is 0. The third-order valence-corrected chi connectivity index (χ3v) is 7.69. The number of morpholine rings is 1. The Balaban J connectivity index is 1.35. The molecule has 2 atom stereocenters. The number of hydrogen-bond acceptors (Lipinski definition) is 6. The van der Waals surface area contributed by atoms with Crippen LogP contribution in [0.2, 0.25) is 0 Å². The van der Waals surface area contributed by atoms with Crippen molar-refractivity contribution in [1.29, 1.82) is 0 Å². The standard InChI is InChI=1S/C26H22N2O5S/c1-34(30,31)21-7-5-16(6-8-21)24-13-23-25(33-24)22(9-10-27-23)17-3-2-4-18(11-17)26(29)28-14-20-12-19(28)15-32-20/h2-11,13,19-20H,12,14-15H2,1H3/t19-,20-/m1/s1. The molecule has 0 unspecified atom stereocenters. The SMILES string of the molecule is CS(=O)(=O)c1ccc(-c2cc3nccc(-c4cccc(C(=O)N5C[C@H]6C[C@@H]5CO6)c4)c3o2)cc1. The first-order chi connectivity index (χ1) is 16.4. The second-order valence-corrected chi connectivity index (χ2v) is 10.9. The summed E-state index contributed by atoms with van der Waals surface area (Å²) in [7, 11) is -3.27. The van der Waals surface area contributed by atoms with Crippen LogP contribution < -0.4 is 0 Å². The van der Waals surface area contributed by atoms with Gasteiger partial charge in [-0.3, -0.25) is 9.78 Å². The predicted molar refractivity (Wildman–Crippen MR) is 127 cm³/mol. The van der Waals surface area contributed by atoms with Gasteiger partial charge in [-0.05, 0) is 54.4 Å². The van der Waals surface area contributed by atoms with Crippen molar-refractivity contribution in [3.63, 3.8) is 0 Å². The second-order valence-electron chi connectivity index (χ2n) is 8.86. The normalized spacial score (nSPS) is 19.7. The Hall–Kier alpha value is -3.49. The summed E-state index contributed by atoms with van der Waals surface area (Å²) in [6, 6.07) is 18.0. The summed E-state index contributed by atoms with van der Waals surface area (Å²) >= 11 is 0. The van der Waals surface area contributed by atoms with Crippen LogP contribution in [0.15, 0.2) is 76.2 Å². The van der Waals surface area contributed by atoms with Gasteiger partial charge in [0.2, 0.25) is 0 Å². The molecule has 0 saturated carbocycles. The van der Waals surface area contributed by atoms with Crippen LogP contribution in [-0.4, -0.2) is 55.8 Å². The number of furan rings is 1. The number of nitrogens with zero attached hydrogens (tertiary/aromatic N) is 2. The Morgan fingerprint density at radius 3 is 2.59 bits per heavy atom. The highest BCUT2D eigenvalue weighted by Crippen LogP contribution is 2.35. The summed E-state index contributed by atoms with van der Waals surface area (Å²) in [5.41, 5.74) is 4.40. The van der Waals surface area contributed by atoms with Gasteiger partial charge in [0.05, 0.1) is 23.6 Å². The van der Waals surface area contributed by atoms with Crippen molar-refractivity contribution in [3.05, 3.63) is 72.4 Å². The fraction of sp³-hybridized carbons (Fsp3) is 0.231. The molecule has 34 heavy (non-hydrogen) atoms. The van der Waals surface area contributed by atoms with Crippen LogP contribution in [0.4, 0.5) is 0 Å². The van der Waals surface area contributed by atoms with E-state index in [0.29, 0.717) is 35.6 Å². The van der Waals surface area contributed by atoms with Crippen LogP contribution in [0, 0.1) is 0 Å². The molecular weight excluding hydrogens is 452 g/mol. The van der Waals surface area contributed by atoms with Gasteiger partial charge in [-0.2, -0.15) is 0 Å². The van der Waals surface area contributed by atoms with E-state index in [1.165, 1.54) is 6.26 Å². The Bertz CT molecular complexity index is 1520. The number of rotatable bonds is 4. The average molecular weight is 475 g/mol. The van der Waals surface area contributed by atoms with Gasteiger partial charge in [-0.15, -0.1) is 0 Å². The molecule has 2 aliphatic rings. The monoisotopic (exact) mass is 474 g/mol. The van der Waals surface area contributed by atoms with Crippen molar-refractivity contribution < 1.29 is 22.4 Å². The number of sulfone groups is 1. The molecule has 2 fully saturated rings. The maximum atomic E-state index is 13.2. The molecule has 7 nitrogen and oxygen atoms in total. The fourth-order valence-corrected chi connectivity index (χ4v) is 5.44. The quantitative estimate of drug-likeness (QED) is 0.441. The molecule has 0 radical (unpaired) electrons. The molecule has 1 amide bonds. The first-order valence-electron chi connectivity index (χ1n) is 11.1. The molecule has 2 saturated heterocycles. The zero-order chi connectivity index (χ0) is 23.4. The summed E-state index contributed by atoms with van der Waals surface area (Å²) in [4.78, 5) is 19.8. The average Bonchev–Trinajstić information content (AvgIpc) is 3.58. The number of aromatic nitrogens is 1. The van der Waals surface area contributed by atoms with Gasteiger partial charge in [-0.25, -0.2) is 8.42 Å². The fourth-order valence-electron chi connectivity index (χ4n) is 4.81. The van der Waals surface area contributed by atoms with Gasteiger partial charge in [0, 0.05) is 41.8 Å². The van der Waals surface area contributed by atoms with E-state index in [-0.39, 0.29) is 22.9 Å². The van der Waals surface area contributed by atoms with Crippen molar-refractivity contribution >= 4 is 26.8 Å². The third kappa shape index (κ3) is 3.59. The summed E-state index contributed by atoms with van der Waals surface area (Å²) < 4.78 is 35.3. The maximum Gasteiger partial charge on any atom is 0.254 e. The van der Waals surface area contributed by atoms with Gasteiger partial charge in [-0.1, -0.05) is 12.1 Å². The molecule has 2 aromatic carbocycles. The molecule has 0 N–H and O–H groups in total. The van der Waals surface area contributed by atoms with E-state index in [0.717, 1.165) is 23.1 Å². The van der Waals surface area contributed by atoms with Crippen LogP contribution in [0.25, 0.3) is 33.6 Å². The lowest BCUT2D eigenvalue weighted by atomic mass is 10.0. The number of fused-ring (bicyclic) bond motifs is 3. The highest BCUT2D eigenvalue weighted by molar-refractivity contribution is 7.90. The first kappa shape index (κ1) is 21.1. The van der Waals surface area contributed by atoms with Crippen molar-refractivity contribution in [2.24, 2.45) is 0 Å². The van der Waals surface area contributed by atoms with Crippen molar-refractivity contribution in [1.82, 2.24) is 9.88 Å². The minimum absolute atomic E-state index is 0.0223. The topological polar surface area (TPSA) is 89.7 Å². The molecule has 0 aliphatic carbocycles. The predicted octanol–water partition coefficient (Wildman–Crippen LogP) is 4.18. The smallest absolute Gasteiger partial charge is 0.254 e. The molecule has 2 bridgehead atoms. The highest BCUT2D eigenvalue weighted by Gasteiger charge is 2.41. The van der Waals surface area contributed by atoms with Crippen molar-refractivity contribution in [3.8, 4) is 22.5 Å². The van der Waals surface area contributed by atoms with Gasteiger partial charge in [0.25, 0.3) is 5.91 Å². The lowest BCUT2D eigenvalue weighted by Crippen LogP contribution is -2.41. The summed E-state index contributed by atoms with van der Waals surface area (Å²) in [5.74, 6) is 0.615. The lowest BCUT2D eigenvalue weighted by Gasteiger charge is -2.27. The molecule has 8 heteroatoms. The maximum absolute atomic E-state index is 13.2. The van der Waals surface area contributed by atoms with Crippen LogP contribution in [0.1, 0.15) is 16.8 Å². The van der Waals surface area contributed by atoms with E-state index < -0.39 is 9.84 Å². The van der Waals surface area contributed by atoms with E-state index in [1.54, 1.807) is 30.5 Å². The molecule has 6 rings (SSSR count). The van der Waals surface area contributed by atoms with E-state index in [1.807, 2.05) is 41.3 Å². The van der Waals surface area contributed by atoms with Gasteiger partial charge < -0.3 is 14.1 Å². The number of likely N-dealkylation sites (tertiary alicyclic amines) is 1. The zero-order valence-corrected chi connectivity index (χ0v) is 19.3. The summed E-state index contributed by atoms with van der Waals surface area (Å²) in [6.45, 7) is 1.26. The van der Waals surface area contributed by atoms with E-state index in [9.17, 15) is 13.2 Å². The van der Waals surface area contributed by atoms with Crippen LogP contribution in [0.5, 0.6) is 0 Å². The van der Waals surface area contributed by atoms with E-state index in [2.05, 4.69) is 4.98 Å². The Kier molecular flexibility index (Phi) is 4.82. The number of ether oxygens (including phenoxy) is 1. The van der Waals surface area contributed by atoms with Crippen LogP contribution in [0.3, 0.4) is 0 Å². The number of amides is 1. The molecule has 2 aromatic heterocycles. The molecular formula is C26H22N2O5S. The summed E-state index contributed by atoms with van der Waals surface area (Å²) in [5, 5.41) is 0. The van der Waals surface area contributed by atoms with Crippen molar-refractivity contribution in [2.75, 3.05) is 19.4 Å². The zero-order valence-electron chi connectivity index (χ0n) is 18.5. The lowest BCUT2D eigenvalue weighted by molar-refractivity contribution is 0.0259. The van der Waals surface area contributed by atoms with Gasteiger partial charge >= 0.3 is 0 Å². The minimum Gasteiger partial charge on any atom is -0.454 e. The third-order valence-electron chi connectivity index (χ3n) is 6.56. The molecule has 2 aliphatic heterocycles. The van der Waals surface area contributed by atoms with Gasteiger partial charge in [0.15, 0.2) is 15.4 Å². The second kappa shape index (κ2) is 7.78. The van der Waals surface area contributed by atoms with Crippen molar-refractivity contribution in [2.45, 2.75) is 23.5 Å². The van der Waals surface area contributed by atoms with Crippen LogP contribution in [-0.2, 0) is 14.6 Å². The van der Waals surface area contributed by atoms with Gasteiger partial charge in [0.1, 0.15) is 11.3 Å². The highest BCUT2D eigenvalue weighted by atomic mass is 32.2. The molecule has 172 valence electrons. The Labute approximate surface area is 196 Å². The Morgan fingerprint density at radius 2 is 1.88 bits per heavy atom.